The highest BCUT2D eigenvalue weighted by Crippen LogP contribution is 2.66. The SMILES string of the molecule is CC1(C)C2CCC1(C)C(OCc1cccc(C=O)c1)C2. The van der Waals surface area contributed by atoms with Gasteiger partial charge in [0, 0.05) is 5.56 Å². The van der Waals surface area contributed by atoms with Gasteiger partial charge in [0.1, 0.15) is 6.29 Å². The Balaban J connectivity index is 1.69. The van der Waals surface area contributed by atoms with Crippen LogP contribution in [0.1, 0.15) is 56.0 Å². The minimum Gasteiger partial charge on any atom is -0.373 e. The number of aldehydes is 1. The molecule has 0 radical (unpaired) electrons. The first kappa shape index (κ1) is 13.8. The Kier molecular flexibility index (Phi) is 3.24. The lowest BCUT2D eigenvalue weighted by molar-refractivity contribution is -0.0550. The van der Waals surface area contributed by atoms with Crippen LogP contribution >= 0.6 is 0 Å². The molecular weight excluding hydrogens is 248 g/mol. The van der Waals surface area contributed by atoms with Crippen LogP contribution in [0.15, 0.2) is 24.3 Å². The fourth-order valence-electron chi connectivity index (χ4n) is 4.34. The summed E-state index contributed by atoms with van der Waals surface area (Å²) in [7, 11) is 0. The summed E-state index contributed by atoms with van der Waals surface area (Å²) in [4.78, 5) is 10.8. The molecule has 3 rings (SSSR count). The average Bonchev–Trinajstić information content (AvgIpc) is 2.78. The van der Waals surface area contributed by atoms with Crippen LogP contribution in [0, 0.1) is 16.7 Å². The first-order valence-electron chi connectivity index (χ1n) is 7.63. The molecule has 0 heterocycles. The van der Waals surface area contributed by atoms with Crippen LogP contribution in [-0.2, 0) is 11.3 Å². The van der Waals surface area contributed by atoms with Crippen LogP contribution in [-0.4, -0.2) is 12.4 Å². The van der Waals surface area contributed by atoms with E-state index in [1.807, 2.05) is 24.3 Å². The summed E-state index contributed by atoms with van der Waals surface area (Å²) in [6.45, 7) is 7.82. The molecule has 2 bridgehead atoms. The second kappa shape index (κ2) is 4.70. The van der Waals surface area contributed by atoms with Crippen molar-refractivity contribution in [3.05, 3.63) is 35.4 Å². The number of hydrogen-bond donors (Lipinski definition) is 0. The van der Waals surface area contributed by atoms with Crippen molar-refractivity contribution in [2.45, 2.75) is 52.7 Å². The summed E-state index contributed by atoms with van der Waals surface area (Å²) in [5, 5.41) is 0. The Hall–Kier alpha value is -1.15. The van der Waals surface area contributed by atoms with Crippen LogP contribution in [0.5, 0.6) is 0 Å². The van der Waals surface area contributed by atoms with E-state index in [0.29, 0.717) is 23.5 Å². The molecule has 0 aliphatic heterocycles. The normalized spacial score (nSPS) is 34.4. The molecule has 3 unspecified atom stereocenters. The van der Waals surface area contributed by atoms with E-state index in [0.717, 1.165) is 23.3 Å². The molecule has 108 valence electrons. The van der Waals surface area contributed by atoms with Crippen LogP contribution in [0.4, 0.5) is 0 Å². The minimum atomic E-state index is 0.305. The molecule has 0 spiro atoms. The number of rotatable bonds is 4. The van der Waals surface area contributed by atoms with E-state index in [9.17, 15) is 4.79 Å². The van der Waals surface area contributed by atoms with E-state index < -0.39 is 0 Å². The number of ether oxygens (including phenoxy) is 1. The number of carbonyl (C=O) groups is 1. The van der Waals surface area contributed by atoms with E-state index in [-0.39, 0.29) is 0 Å². The van der Waals surface area contributed by atoms with Gasteiger partial charge >= 0.3 is 0 Å². The molecule has 2 fully saturated rings. The van der Waals surface area contributed by atoms with E-state index in [1.54, 1.807) is 0 Å². The topological polar surface area (TPSA) is 26.3 Å². The molecule has 2 nitrogen and oxygen atoms in total. The highest BCUT2D eigenvalue weighted by molar-refractivity contribution is 5.74. The van der Waals surface area contributed by atoms with Gasteiger partial charge < -0.3 is 4.74 Å². The van der Waals surface area contributed by atoms with Crippen LogP contribution < -0.4 is 0 Å². The maximum absolute atomic E-state index is 10.8. The summed E-state index contributed by atoms with van der Waals surface area (Å²) in [6, 6.07) is 7.72. The third kappa shape index (κ3) is 1.93. The third-order valence-corrected chi connectivity index (χ3v) is 6.25. The first-order chi connectivity index (χ1) is 9.47. The second-order valence-electron chi connectivity index (χ2n) is 7.27. The number of carbonyl (C=O) groups excluding carboxylic acids is 1. The average molecular weight is 272 g/mol. The number of fused-ring (bicyclic) bond motifs is 2. The molecule has 1 aromatic carbocycles. The van der Waals surface area contributed by atoms with E-state index in [4.69, 9.17) is 4.74 Å². The van der Waals surface area contributed by atoms with Gasteiger partial charge in [-0.15, -0.1) is 0 Å². The molecule has 0 aromatic heterocycles. The number of hydrogen-bond acceptors (Lipinski definition) is 2. The van der Waals surface area contributed by atoms with Gasteiger partial charge in [-0.2, -0.15) is 0 Å². The Morgan fingerprint density at radius 1 is 1.35 bits per heavy atom. The summed E-state index contributed by atoms with van der Waals surface area (Å²) in [6.07, 6.45) is 5.08. The summed E-state index contributed by atoms with van der Waals surface area (Å²) >= 11 is 0. The number of benzene rings is 1. The Morgan fingerprint density at radius 3 is 2.75 bits per heavy atom. The lowest BCUT2D eigenvalue weighted by Gasteiger charge is -2.39. The minimum absolute atomic E-state index is 0.305. The van der Waals surface area contributed by atoms with Crippen molar-refractivity contribution in [2.24, 2.45) is 16.7 Å². The first-order valence-corrected chi connectivity index (χ1v) is 7.63. The fraction of sp³-hybridized carbons (Fsp3) is 0.611. The molecule has 3 atom stereocenters. The van der Waals surface area contributed by atoms with E-state index in [1.165, 1.54) is 19.3 Å². The highest BCUT2D eigenvalue weighted by atomic mass is 16.5. The van der Waals surface area contributed by atoms with Gasteiger partial charge in [0.25, 0.3) is 0 Å². The summed E-state index contributed by atoms with van der Waals surface area (Å²) < 4.78 is 6.25. The van der Waals surface area contributed by atoms with Crippen LogP contribution in [0.3, 0.4) is 0 Å². The zero-order valence-corrected chi connectivity index (χ0v) is 12.7. The van der Waals surface area contributed by atoms with Crippen molar-refractivity contribution in [2.75, 3.05) is 0 Å². The predicted molar refractivity (Wildman–Crippen MR) is 79.6 cm³/mol. The van der Waals surface area contributed by atoms with Crippen molar-refractivity contribution in [3.8, 4) is 0 Å². The zero-order chi connectivity index (χ0) is 14.4. The van der Waals surface area contributed by atoms with Crippen molar-refractivity contribution in [1.82, 2.24) is 0 Å². The van der Waals surface area contributed by atoms with Gasteiger partial charge in [-0.3, -0.25) is 4.79 Å². The monoisotopic (exact) mass is 272 g/mol. The van der Waals surface area contributed by atoms with Gasteiger partial charge in [0.15, 0.2) is 0 Å². The predicted octanol–water partition coefficient (Wildman–Crippen LogP) is 4.23. The molecule has 1 aromatic rings. The molecule has 0 amide bonds. The molecule has 2 saturated carbocycles. The molecule has 2 heteroatoms. The van der Waals surface area contributed by atoms with Gasteiger partial charge in [0.2, 0.25) is 0 Å². The summed E-state index contributed by atoms with van der Waals surface area (Å²) in [5.41, 5.74) is 2.52. The van der Waals surface area contributed by atoms with Gasteiger partial charge in [-0.25, -0.2) is 0 Å². The maximum Gasteiger partial charge on any atom is 0.150 e. The van der Waals surface area contributed by atoms with Gasteiger partial charge in [-0.1, -0.05) is 39.0 Å². The molecule has 2 aliphatic carbocycles. The standard InChI is InChI=1S/C18H24O2/c1-17(2)15-7-8-18(17,3)16(10-15)20-12-14-6-4-5-13(9-14)11-19/h4-6,9,11,15-16H,7-8,10,12H2,1-3H3. The highest BCUT2D eigenvalue weighted by Gasteiger charge is 2.61. The largest absolute Gasteiger partial charge is 0.373 e. The van der Waals surface area contributed by atoms with Crippen LogP contribution in [0.25, 0.3) is 0 Å². The van der Waals surface area contributed by atoms with E-state index in [2.05, 4.69) is 20.8 Å². The lowest BCUT2D eigenvalue weighted by atomic mass is 9.70. The second-order valence-corrected chi connectivity index (χ2v) is 7.27. The van der Waals surface area contributed by atoms with Crippen molar-refractivity contribution in [1.29, 1.82) is 0 Å². The molecule has 20 heavy (non-hydrogen) atoms. The lowest BCUT2D eigenvalue weighted by Crippen LogP contribution is -2.37. The zero-order valence-electron chi connectivity index (χ0n) is 12.7. The smallest absolute Gasteiger partial charge is 0.150 e. The van der Waals surface area contributed by atoms with Crippen molar-refractivity contribution < 1.29 is 9.53 Å². The molecular formula is C18H24O2. The molecule has 0 N–H and O–H groups in total. The van der Waals surface area contributed by atoms with Crippen molar-refractivity contribution in [3.63, 3.8) is 0 Å². The van der Waals surface area contributed by atoms with E-state index >= 15 is 0 Å². The summed E-state index contributed by atoms with van der Waals surface area (Å²) in [5.74, 6) is 0.804. The Morgan fingerprint density at radius 2 is 2.15 bits per heavy atom. The molecule has 0 saturated heterocycles. The molecule has 2 aliphatic rings. The quantitative estimate of drug-likeness (QED) is 0.767. The Labute approximate surface area is 121 Å². The maximum atomic E-state index is 10.8. The van der Waals surface area contributed by atoms with Crippen molar-refractivity contribution >= 4 is 6.29 Å². The third-order valence-electron chi connectivity index (χ3n) is 6.25. The fourth-order valence-corrected chi connectivity index (χ4v) is 4.34. The Bertz CT molecular complexity index is 520. The van der Waals surface area contributed by atoms with Crippen LogP contribution in [0.2, 0.25) is 0 Å². The van der Waals surface area contributed by atoms with Gasteiger partial charge in [0.05, 0.1) is 12.7 Å². The van der Waals surface area contributed by atoms with Gasteiger partial charge in [-0.05, 0) is 47.6 Å².